The number of anilines is 1. The zero-order chi connectivity index (χ0) is 39.0. The summed E-state index contributed by atoms with van der Waals surface area (Å²) in [6, 6.07) is 35.8. The molecule has 8 rings (SSSR count). The molecule has 0 spiro atoms. The Morgan fingerprint density at radius 1 is 0.821 bits per heavy atom. The largest absolute Gasteiger partial charge is 0.427 e. The number of fused-ring (bicyclic) bond motifs is 6. The minimum Gasteiger partial charge on any atom is -0.427 e. The van der Waals surface area contributed by atoms with Crippen LogP contribution >= 0.6 is 11.6 Å². The minimum atomic E-state index is -0.253. The Kier molecular flexibility index (Phi) is 10.4. The van der Waals surface area contributed by atoms with Gasteiger partial charge in [0.25, 0.3) is 0 Å². The molecule has 0 N–H and O–H groups in total. The number of hydrogen-bond acceptors (Lipinski definition) is 3. The quantitative estimate of drug-likeness (QED) is 0.0442. The van der Waals surface area contributed by atoms with Gasteiger partial charge in [-0.3, -0.25) is 4.79 Å². The summed E-state index contributed by atoms with van der Waals surface area (Å²) in [6.45, 7) is 13.4. The summed E-state index contributed by atoms with van der Waals surface area (Å²) >= 11 is 7.27. The van der Waals surface area contributed by atoms with Crippen LogP contribution in [0.1, 0.15) is 84.3 Å². The topological polar surface area (TPSA) is 32.5 Å². The summed E-state index contributed by atoms with van der Waals surface area (Å²) in [5.41, 5.74) is 12.5. The number of carbonyl (C=O) groups excluding carboxylic acids is 1. The molecule has 5 heteroatoms. The van der Waals surface area contributed by atoms with Crippen LogP contribution in [0.3, 0.4) is 0 Å². The second kappa shape index (κ2) is 15.4. The normalized spacial score (nSPS) is 18.3. The standard InChI is InChI=1S/C51H52ClN2O2/c1-6-53-42-30-26-35-17-12-14-21-40(35)47(42)50(2,3)44(53)32-28-37-24-25-38(49(37)52)29-33-45-51(4,5)48-41-22-15-13-18-36(41)27-31-43(48)54(45)34-16-8-11-23-46(55)56-39-19-9-7-10-20-39/h7,9-10,12-15,17-22,26-32,38H,6,8,11,16,23-25,34H2,1-5H3/q+1/b32-28+. The van der Waals surface area contributed by atoms with Gasteiger partial charge in [-0.05, 0) is 123 Å². The van der Waals surface area contributed by atoms with Crippen molar-refractivity contribution < 1.29 is 14.1 Å². The van der Waals surface area contributed by atoms with E-state index in [2.05, 4.69) is 141 Å². The number of para-hydroxylation sites is 1. The van der Waals surface area contributed by atoms with Crippen LogP contribution in [0.2, 0.25) is 0 Å². The van der Waals surface area contributed by atoms with E-state index in [1.165, 1.54) is 61.0 Å². The van der Waals surface area contributed by atoms with Gasteiger partial charge < -0.3 is 9.64 Å². The summed E-state index contributed by atoms with van der Waals surface area (Å²) in [5, 5.41) is 6.07. The van der Waals surface area contributed by atoms with Crippen molar-refractivity contribution in [2.75, 3.05) is 18.0 Å². The molecular formula is C51H52ClN2O2+. The Bertz CT molecular complexity index is 2500. The molecule has 5 aromatic carbocycles. The van der Waals surface area contributed by atoms with E-state index in [4.69, 9.17) is 16.3 Å². The van der Waals surface area contributed by atoms with Gasteiger partial charge >= 0.3 is 5.97 Å². The third kappa shape index (κ3) is 6.84. The molecule has 1 atom stereocenters. The highest BCUT2D eigenvalue weighted by molar-refractivity contribution is 6.30. The lowest BCUT2D eigenvalue weighted by Crippen LogP contribution is -2.27. The van der Waals surface area contributed by atoms with Gasteiger partial charge in [0.05, 0.1) is 11.1 Å². The third-order valence-electron chi connectivity index (χ3n) is 12.2. The predicted octanol–water partition coefficient (Wildman–Crippen LogP) is 12.9. The number of benzene rings is 5. The maximum Gasteiger partial charge on any atom is 0.311 e. The van der Waals surface area contributed by atoms with E-state index in [1.807, 2.05) is 30.3 Å². The second-order valence-corrected chi connectivity index (χ2v) is 16.9. The molecular weight excluding hydrogens is 708 g/mol. The van der Waals surface area contributed by atoms with Crippen molar-refractivity contribution in [2.45, 2.75) is 84.0 Å². The van der Waals surface area contributed by atoms with Crippen molar-refractivity contribution in [3.63, 3.8) is 0 Å². The molecule has 0 amide bonds. The lowest BCUT2D eigenvalue weighted by molar-refractivity contribution is -0.433. The molecule has 0 radical (unpaired) electrons. The molecule has 0 saturated heterocycles. The molecule has 284 valence electrons. The predicted molar refractivity (Wildman–Crippen MR) is 234 cm³/mol. The lowest BCUT2D eigenvalue weighted by atomic mass is 9.79. The molecule has 1 unspecified atom stereocenters. The molecule has 56 heavy (non-hydrogen) atoms. The number of halogens is 1. The highest BCUT2D eigenvalue weighted by Crippen LogP contribution is 2.51. The Hall–Kier alpha value is -5.15. The fraction of sp³-hybridized carbons (Fsp3) is 0.314. The van der Waals surface area contributed by atoms with Crippen LogP contribution in [0, 0.1) is 5.92 Å². The summed E-state index contributed by atoms with van der Waals surface area (Å²) in [4.78, 5) is 15.0. The lowest BCUT2D eigenvalue weighted by Gasteiger charge is -2.25. The highest BCUT2D eigenvalue weighted by Gasteiger charge is 2.45. The van der Waals surface area contributed by atoms with E-state index in [1.54, 1.807) is 0 Å². The first kappa shape index (κ1) is 37.8. The molecule has 0 aromatic heterocycles. The van der Waals surface area contributed by atoms with E-state index in [-0.39, 0.29) is 22.7 Å². The number of esters is 1. The van der Waals surface area contributed by atoms with Crippen molar-refractivity contribution in [3.05, 3.63) is 155 Å². The maximum atomic E-state index is 12.5. The summed E-state index contributed by atoms with van der Waals surface area (Å²) < 4.78 is 7.99. The van der Waals surface area contributed by atoms with Gasteiger partial charge in [-0.15, -0.1) is 5.73 Å². The Labute approximate surface area is 337 Å². The fourth-order valence-electron chi connectivity index (χ4n) is 9.45. The van der Waals surface area contributed by atoms with Crippen LogP contribution in [0.15, 0.2) is 143 Å². The SMILES string of the molecule is CC[N+]1=C(/C=C/C2=C(Cl)C(C=C=C3N(CCCCCC(=O)Oc4ccccc4)c4ccc5ccccc5c4C3(C)C)CC2)C(C)(C)c2c1ccc1ccccc21. The van der Waals surface area contributed by atoms with Gasteiger partial charge in [0.2, 0.25) is 5.69 Å². The molecule has 2 heterocycles. The number of rotatable bonds is 11. The van der Waals surface area contributed by atoms with Crippen molar-refractivity contribution >= 4 is 56.2 Å². The Balaban J connectivity index is 1.04. The zero-order valence-corrected chi connectivity index (χ0v) is 34.1. The summed E-state index contributed by atoms with van der Waals surface area (Å²) in [5.74, 6) is 0.534. The summed E-state index contributed by atoms with van der Waals surface area (Å²) in [6.07, 6.45) is 11.8. The number of nitrogens with zero attached hydrogens (tertiary/aromatic N) is 2. The maximum absolute atomic E-state index is 12.5. The average molecular weight is 760 g/mol. The van der Waals surface area contributed by atoms with Crippen LogP contribution in [0.5, 0.6) is 5.75 Å². The van der Waals surface area contributed by atoms with E-state index in [0.717, 1.165) is 50.2 Å². The van der Waals surface area contributed by atoms with Crippen molar-refractivity contribution in [1.29, 1.82) is 0 Å². The van der Waals surface area contributed by atoms with E-state index in [0.29, 0.717) is 12.2 Å². The van der Waals surface area contributed by atoms with Gasteiger partial charge in [0, 0.05) is 52.7 Å². The van der Waals surface area contributed by atoms with Gasteiger partial charge in [-0.25, -0.2) is 0 Å². The summed E-state index contributed by atoms with van der Waals surface area (Å²) in [7, 11) is 0. The molecule has 5 aromatic rings. The van der Waals surface area contributed by atoms with Crippen LogP contribution in [0.4, 0.5) is 11.4 Å². The molecule has 1 aliphatic carbocycles. The average Bonchev–Trinajstić information content (AvgIpc) is 3.75. The number of carbonyl (C=O) groups is 1. The molecule has 0 saturated carbocycles. The van der Waals surface area contributed by atoms with Gasteiger partial charge in [0.1, 0.15) is 12.3 Å². The molecule has 4 nitrogen and oxygen atoms in total. The van der Waals surface area contributed by atoms with Crippen LogP contribution < -0.4 is 9.64 Å². The molecule has 0 fully saturated rings. The van der Waals surface area contributed by atoms with E-state index < -0.39 is 0 Å². The monoisotopic (exact) mass is 759 g/mol. The van der Waals surface area contributed by atoms with Gasteiger partial charge in [0.15, 0.2) is 5.71 Å². The number of allylic oxidation sites excluding steroid dienone is 5. The van der Waals surface area contributed by atoms with E-state index >= 15 is 0 Å². The van der Waals surface area contributed by atoms with Crippen molar-refractivity contribution in [2.24, 2.45) is 5.92 Å². The molecule has 0 bridgehead atoms. The number of unbranched alkanes of at least 4 members (excludes halogenated alkanes) is 2. The minimum absolute atomic E-state index is 0.113. The number of ether oxygens (including phenoxy) is 1. The first-order valence-corrected chi connectivity index (χ1v) is 20.7. The zero-order valence-electron chi connectivity index (χ0n) is 33.4. The Morgan fingerprint density at radius 2 is 1.50 bits per heavy atom. The third-order valence-corrected chi connectivity index (χ3v) is 12.7. The molecule has 2 aliphatic heterocycles. The van der Waals surface area contributed by atoms with Gasteiger partial charge in [-0.1, -0.05) is 96.9 Å². The smallest absolute Gasteiger partial charge is 0.311 e. The van der Waals surface area contributed by atoms with Crippen molar-refractivity contribution in [3.8, 4) is 5.75 Å². The highest BCUT2D eigenvalue weighted by atomic mass is 35.5. The van der Waals surface area contributed by atoms with E-state index in [9.17, 15) is 4.79 Å². The fourth-order valence-corrected chi connectivity index (χ4v) is 9.78. The van der Waals surface area contributed by atoms with Gasteiger partial charge in [-0.2, -0.15) is 4.58 Å². The second-order valence-electron chi connectivity index (χ2n) is 16.5. The van der Waals surface area contributed by atoms with Crippen molar-refractivity contribution in [1.82, 2.24) is 0 Å². The molecule has 3 aliphatic rings. The van der Waals surface area contributed by atoms with Crippen LogP contribution in [-0.2, 0) is 15.6 Å². The first-order valence-electron chi connectivity index (χ1n) is 20.4. The van der Waals surface area contributed by atoms with Crippen LogP contribution in [0.25, 0.3) is 21.5 Å². The van der Waals surface area contributed by atoms with Crippen LogP contribution in [-0.4, -0.2) is 29.3 Å². The first-order chi connectivity index (χ1) is 27.1. The number of hydrogen-bond donors (Lipinski definition) is 0. The Morgan fingerprint density at radius 3 is 2.23 bits per heavy atom.